The van der Waals surface area contributed by atoms with Crippen molar-refractivity contribution in [3.05, 3.63) is 303 Å². The molecule has 0 amide bonds. The highest BCUT2D eigenvalue weighted by Crippen LogP contribution is 2.57. The number of pyridine rings is 3. The molecule has 0 radical (unpaired) electrons. The number of benzene rings is 13. The molecular formula is C80H54N6. The Morgan fingerprint density at radius 1 is 0.244 bits per heavy atom. The van der Waals surface area contributed by atoms with E-state index < -0.39 is 5.41 Å². The number of nitrogens with zero attached hydrogens (tertiary/aromatic N) is 6. The van der Waals surface area contributed by atoms with Gasteiger partial charge in [0.25, 0.3) is 0 Å². The minimum atomic E-state index is -0.447. The van der Waals surface area contributed by atoms with Crippen LogP contribution in [0.15, 0.2) is 292 Å². The first-order valence-electron chi connectivity index (χ1n) is 29.5. The fourth-order valence-electron chi connectivity index (χ4n) is 13.8. The summed E-state index contributed by atoms with van der Waals surface area (Å²) in [5.41, 5.74) is 10.6. The molecule has 404 valence electrons. The predicted octanol–water partition coefficient (Wildman–Crippen LogP) is 21.8. The van der Waals surface area contributed by atoms with E-state index in [1.807, 2.05) is 36.8 Å². The van der Waals surface area contributed by atoms with Crippen LogP contribution in [0.4, 0.5) is 51.6 Å². The smallest absolute Gasteiger partial charge is 0.137 e. The molecule has 3 aromatic heterocycles. The number of rotatable bonds is 9. The predicted molar refractivity (Wildman–Crippen MR) is 361 cm³/mol. The first-order valence-corrected chi connectivity index (χ1v) is 29.5. The molecule has 0 bridgehead atoms. The van der Waals surface area contributed by atoms with Crippen LogP contribution in [0.2, 0.25) is 0 Å². The molecular weight excluding hydrogens is 1040 g/mol. The summed E-state index contributed by atoms with van der Waals surface area (Å²) < 4.78 is 0. The topological polar surface area (TPSA) is 48.4 Å². The van der Waals surface area contributed by atoms with E-state index in [9.17, 15) is 0 Å². The Hall–Kier alpha value is -11.2. The van der Waals surface area contributed by atoms with Gasteiger partial charge in [0, 0.05) is 68.3 Å². The number of fused-ring (bicyclic) bond motifs is 11. The average molecular weight is 1100 g/mol. The van der Waals surface area contributed by atoms with E-state index in [2.05, 4.69) is 283 Å². The highest BCUT2D eigenvalue weighted by molar-refractivity contribution is 6.24. The van der Waals surface area contributed by atoms with Crippen LogP contribution in [0.1, 0.15) is 25.0 Å². The van der Waals surface area contributed by atoms with Crippen molar-refractivity contribution in [2.24, 2.45) is 0 Å². The zero-order valence-electron chi connectivity index (χ0n) is 47.4. The molecule has 86 heavy (non-hydrogen) atoms. The minimum absolute atomic E-state index is 0.447. The Bertz CT molecular complexity index is 5410. The largest absolute Gasteiger partial charge is 0.295 e. The summed E-state index contributed by atoms with van der Waals surface area (Å²) in [6, 6.07) is 99.8. The third-order valence-corrected chi connectivity index (χ3v) is 17.9. The number of aromatic nitrogens is 3. The molecule has 13 aromatic carbocycles. The molecule has 0 saturated heterocycles. The van der Waals surface area contributed by atoms with Crippen LogP contribution in [0.25, 0.3) is 97.3 Å². The van der Waals surface area contributed by atoms with Crippen molar-refractivity contribution in [1.82, 2.24) is 15.0 Å². The van der Waals surface area contributed by atoms with Gasteiger partial charge < -0.3 is 0 Å². The summed E-state index contributed by atoms with van der Waals surface area (Å²) in [5, 5.41) is 18.7. The molecule has 0 spiro atoms. The summed E-state index contributed by atoms with van der Waals surface area (Å²) in [6.45, 7) is 4.79. The molecule has 3 heterocycles. The third-order valence-electron chi connectivity index (χ3n) is 17.9. The van der Waals surface area contributed by atoms with E-state index in [0.717, 1.165) is 83.9 Å². The molecule has 6 nitrogen and oxygen atoms in total. The molecule has 16 aromatic rings. The summed E-state index contributed by atoms with van der Waals surface area (Å²) >= 11 is 0. The van der Waals surface area contributed by atoms with Crippen LogP contribution in [-0.2, 0) is 5.41 Å². The maximum Gasteiger partial charge on any atom is 0.137 e. The Kier molecular flexibility index (Phi) is 11.2. The zero-order chi connectivity index (χ0) is 57.0. The number of hydrogen-bond donors (Lipinski definition) is 0. The van der Waals surface area contributed by atoms with Crippen molar-refractivity contribution < 1.29 is 0 Å². The second-order valence-corrected chi connectivity index (χ2v) is 23.3. The van der Waals surface area contributed by atoms with Gasteiger partial charge in [-0.15, -0.1) is 0 Å². The van der Waals surface area contributed by atoms with Gasteiger partial charge in [0.1, 0.15) is 17.5 Å². The van der Waals surface area contributed by atoms with Gasteiger partial charge in [0.15, 0.2) is 0 Å². The van der Waals surface area contributed by atoms with Gasteiger partial charge in [-0.2, -0.15) is 0 Å². The van der Waals surface area contributed by atoms with E-state index in [0.29, 0.717) is 0 Å². The van der Waals surface area contributed by atoms with E-state index in [4.69, 9.17) is 15.0 Å². The first kappa shape index (κ1) is 49.4. The molecule has 1 aliphatic rings. The molecule has 0 fully saturated rings. The highest BCUT2D eigenvalue weighted by Gasteiger charge is 2.38. The maximum absolute atomic E-state index is 5.21. The fourth-order valence-corrected chi connectivity index (χ4v) is 13.8. The van der Waals surface area contributed by atoms with Crippen molar-refractivity contribution in [2.75, 3.05) is 14.7 Å². The summed E-state index contributed by atoms with van der Waals surface area (Å²) in [6.07, 6.45) is 5.70. The van der Waals surface area contributed by atoms with Crippen LogP contribution >= 0.6 is 0 Å². The van der Waals surface area contributed by atoms with Crippen LogP contribution in [-0.4, -0.2) is 15.0 Å². The average Bonchev–Trinajstić information content (AvgIpc) is 1.47. The molecule has 17 rings (SSSR count). The lowest BCUT2D eigenvalue weighted by molar-refractivity contribution is 0.661. The highest BCUT2D eigenvalue weighted by atomic mass is 15.2. The standard InChI is InChI=1S/C80H54N6/c1-80(2)73-48-66(84(75-25-11-14-36-81-75)63-31-28-57-39-51-17-3-6-20-54(51)42-60(57)45-63)34-35-67(73)70-49-71-72(50-74(70)80)79(86(77-27-13-16-38-83-77)65-33-30-59-41-53-19-5-8-22-56(53)44-62(59)47-65)69-24-10-9-23-68(69)78(71)85(76-26-12-15-37-82-76)64-32-29-58-40-52-18-4-7-21-55(52)43-61(58)46-64/h3-50H,1-2H3. The van der Waals surface area contributed by atoms with Gasteiger partial charge in [-0.05, 0) is 220 Å². The molecule has 1 aliphatic carbocycles. The zero-order valence-corrected chi connectivity index (χ0v) is 47.4. The van der Waals surface area contributed by atoms with Crippen LogP contribution < -0.4 is 14.7 Å². The van der Waals surface area contributed by atoms with Gasteiger partial charge in [-0.1, -0.05) is 153 Å². The molecule has 0 atom stereocenters. The normalized spacial score (nSPS) is 12.6. The Labute approximate surface area is 497 Å². The Morgan fingerprint density at radius 2 is 0.570 bits per heavy atom. The van der Waals surface area contributed by atoms with Gasteiger partial charge in [0.2, 0.25) is 0 Å². The van der Waals surface area contributed by atoms with Crippen molar-refractivity contribution in [3.8, 4) is 11.1 Å². The lowest BCUT2D eigenvalue weighted by Crippen LogP contribution is -2.18. The van der Waals surface area contributed by atoms with Crippen molar-refractivity contribution in [1.29, 1.82) is 0 Å². The molecule has 0 unspecified atom stereocenters. The number of hydrogen-bond acceptors (Lipinski definition) is 6. The third kappa shape index (κ3) is 7.98. The van der Waals surface area contributed by atoms with Crippen molar-refractivity contribution in [3.63, 3.8) is 0 Å². The minimum Gasteiger partial charge on any atom is -0.295 e. The first-order chi connectivity index (χ1) is 42.4. The van der Waals surface area contributed by atoms with E-state index >= 15 is 0 Å². The van der Waals surface area contributed by atoms with E-state index in [-0.39, 0.29) is 0 Å². The van der Waals surface area contributed by atoms with Gasteiger partial charge in [-0.25, -0.2) is 15.0 Å². The second-order valence-electron chi connectivity index (χ2n) is 23.3. The lowest BCUT2D eigenvalue weighted by Gasteiger charge is -2.33. The Morgan fingerprint density at radius 3 is 0.988 bits per heavy atom. The molecule has 0 N–H and O–H groups in total. The summed E-state index contributed by atoms with van der Waals surface area (Å²) in [4.78, 5) is 22.5. The van der Waals surface area contributed by atoms with Crippen LogP contribution in [0, 0.1) is 0 Å². The van der Waals surface area contributed by atoms with Gasteiger partial charge in [0.05, 0.1) is 11.4 Å². The maximum atomic E-state index is 5.21. The van der Waals surface area contributed by atoms with Gasteiger partial charge >= 0.3 is 0 Å². The summed E-state index contributed by atoms with van der Waals surface area (Å²) in [5.74, 6) is 2.48. The lowest BCUT2D eigenvalue weighted by atomic mass is 9.81. The van der Waals surface area contributed by atoms with Gasteiger partial charge in [-0.3, -0.25) is 14.7 Å². The van der Waals surface area contributed by atoms with E-state index in [1.165, 1.54) is 76.1 Å². The molecule has 6 heteroatoms. The van der Waals surface area contributed by atoms with Crippen molar-refractivity contribution >= 4 is 138 Å². The quantitative estimate of drug-likeness (QED) is 0.106. The summed E-state index contributed by atoms with van der Waals surface area (Å²) in [7, 11) is 0. The second kappa shape index (κ2) is 19.4. The van der Waals surface area contributed by atoms with Crippen LogP contribution in [0.5, 0.6) is 0 Å². The number of anilines is 9. The van der Waals surface area contributed by atoms with Crippen LogP contribution in [0.3, 0.4) is 0 Å². The SMILES string of the molecule is CC1(C)c2cc(N(c3ccc4cc5ccccc5cc4c3)c3ccccn3)ccc2-c2cc3c(N(c4ccc5cc6ccccc6cc5c4)c4ccccn4)c4ccccc4c(N(c4ccc5cc6ccccc6cc5c4)c4ccccn4)c3cc21. The van der Waals surface area contributed by atoms with E-state index in [1.54, 1.807) is 0 Å². The van der Waals surface area contributed by atoms with Crippen molar-refractivity contribution in [2.45, 2.75) is 19.3 Å². The fraction of sp³-hybridized carbons (Fsp3) is 0.0375. The monoisotopic (exact) mass is 1100 g/mol. The Balaban J connectivity index is 0.937. The molecule has 0 saturated carbocycles. The molecule has 0 aliphatic heterocycles.